The van der Waals surface area contributed by atoms with E-state index in [-0.39, 0.29) is 0 Å². The molecule has 0 atom stereocenters. The monoisotopic (exact) mass is 267 g/mol. The Morgan fingerprint density at radius 2 is 2.27 bits per heavy atom. The minimum Gasteiger partial charge on any atom is -0.465 e. The van der Waals surface area contributed by atoms with E-state index in [1.807, 2.05) is 0 Å². The molecule has 0 spiro atoms. The molecular weight excluding hydrogens is 258 g/mol. The smallest absolute Gasteiger partial charge is 0.338 e. The van der Waals surface area contributed by atoms with Gasteiger partial charge in [0, 0.05) is 5.33 Å². The van der Waals surface area contributed by atoms with Crippen LogP contribution >= 0.6 is 15.9 Å². The zero-order valence-corrected chi connectivity index (χ0v) is 10.1. The summed E-state index contributed by atoms with van der Waals surface area (Å²) >= 11 is 3.29. The number of carbonyl (C=O) groups excluding carboxylic acids is 1. The molecule has 78 valence electrons. The van der Waals surface area contributed by atoms with Crippen molar-refractivity contribution in [3.8, 4) is 6.07 Å². The second-order valence-corrected chi connectivity index (χ2v) is 3.57. The molecule has 3 nitrogen and oxygen atoms in total. The molecule has 0 heterocycles. The van der Waals surface area contributed by atoms with Crippen LogP contribution < -0.4 is 0 Å². The highest BCUT2D eigenvalue weighted by Gasteiger charge is 2.14. The van der Waals surface area contributed by atoms with Gasteiger partial charge in [-0.3, -0.25) is 0 Å². The zero-order chi connectivity index (χ0) is 11.4. The van der Waals surface area contributed by atoms with Crippen molar-refractivity contribution in [1.29, 1.82) is 5.26 Å². The Bertz CT molecular complexity index is 435. The van der Waals surface area contributed by atoms with Gasteiger partial charge in [-0.25, -0.2) is 4.79 Å². The number of benzene rings is 1. The number of nitrogens with zero attached hydrogens (tertiary/aromatic N) is 1. The van der Waals surface area contributed by atoms with E-state index in [2.05, 4.69) is 26.7 Å². The van der Waals surface area contributed by atoms with Crippen LogP contribution in [0.15, 0.2) is 12.1 Å². The predicted molar refractivity (Wildman–Crippen MR) is 59.9 cm³/mol. The molecule has 0 aromatic heterocycles. The average Bonchev–Trinajstić information content (AvgIpc) is 2.27. The molecule has 1 aromatic rings. The van der Waals surface area contributed by atoms with Gasteiger partial charge in [0.1, 0.15) is 0 Å². The molecule has 0 saturated heterocycles. The van der Waals surface area contributed by atoms with Crippen LogP contribution in [0.5, 0.6) is 0 Å². The zero-order valence-electron chi connectivity index (χ0n) is 8.50. The van der Waals surface area contributed by atoms with Gasteiger partial charge in [-0.2, -0.15) is 5.26 Å². The number of carbonyl (C=O) groups is 1. The first kappa shape index (κ1) is 11.7. The summed E-state index contributed by atoms with van der Waals surface area (Å²) in [7, 11) is 1.33. The Morgan fingerprint density at radius 1 is 1.60 bits per heavy atom. The van der Waals surface area contributed by atoms with Crippen molar-refractivity contribution in [2.75, 3.05) is 7.11 Å². The highest BCUT2D eigenvalue weighted by atomic mass is 79.9. The molecule has 0 aliphatic rings. The van der Waals surface area contributed by atoms with Gasteiger partial charge in [0.15, 0.2) is 0 Å². The maximum absolute atomic E-state index is 11.4. The van der Waals surface area contributed by atoms with E-state index in [1.165, 1.54) is 7.11 Å². The first-order valence-corrected chi connectivity index (χ1v) is 5.44. The normalized spacial score (nSPS) is 9.47. The van der Waals surface area contributed by atoms with Crippen molar-refractivity contribution in [3.63, 3.8) is 0 Å². The van der Waals surface area contributed by atoms with E-state index >= 15 is 0 Å². The quantitative estimate of drug-likeness (QED) is 0.611. The van der Waals surface area contributed by atoms with Crippen LogP contribution in [0, 0.1) is 18.3 Å². The van der Waals surface area contributed by atoms with Crippen molar-refractivity contribution >= 4 is 21.9 Å². The van der Waals surface area contributed by atoms with Crippen LogP contribution in [-0.4, -0.2) is 13.1 Å². The van der Waals surface area contributed by atoms with Gasteiger partial charge in [0.05, 0.1) is 24.3 Å². The van der Waals surface area contributed by atoms with E-state index in [0.29, 0.717) is 22.0 Å². The lowest BCUT2D eigenvalue weighted by Crippen LogP contribution is -2.06. The number of hydrogen-bond donors (Lipinski definition) is 0. The largest absolute Gasteiger partial charge is 0.465 e. The molecule has 0 radical (unpaired) electrons. The molecule has 1 rings (SSSR count). The second kappa shape index (κ2) is 4.94. The Balaban J connectivity index is 3.37. The highest BCUT2D eigenvalue weighted by molar-refractivity contribution is 9.08. The maximum Gasteiger partial charge on any atom is 0.338 e. The summed E-state index contributed by atoms with van der Waals surface area (Å²) in [5.74, 6) is -0.412. The lowest BCUT2D eigenvalue weighted by Gasteiger charge is -2.08. The minimum absolute atomic E-state index is 0.412. The summed E-state index contributed by atoms with van der Waals surface area (Å²) in [6, 6.07) is 5.53. The van der Waals surface area contributed by atoms with Crippen LogP contribution in [0.4, 0.5) is 0 Å². The average molecular weight is 268 g/mol. The van der Waals surface area contributed by atoms with E-state index < -0.39 is 5.97 Å². The molecule has 0 unspecified atom stereocenters. The lowest BCUT2D eigenvalue weighted by molar-refractivity contribution is 0.0600. The number of rotatable bonds is 2. The van der Waals surface area contributed by atoms with E-state index in [4.69, 9.17) is 5.26 Å². The number of alkyl halides is 1. The lowest BCUT2D eigenvalue weighted by atomic mass is 9.99. The van der Waals surface area contributed by atoms with Crippen LogP contribution in [0.2, 0.25) is 0 Å². The standard InChI is InChI=1S/C11H10BrNO2/c1-7-9(11(14)15-2)4-3-8(5-12)10(7)6-13/h3-4H,5H2,1-2H3. The minimum atomic E-state index is -0.412. The molecule has 0 bridgehead atoms. The van der Waals surface area contributed by atoms with E-state index in [0.717, 1.165) is 5.56 Å². The molecule has 1 aromatic carbocycles. The summed E-state index contributed by atoms with van der Waals surface area (Å²) in [5, 5.41) is 9.58. The van der Waals surface area contributed by atoms with Crippen LogP contribution in [0.3, 0.4) is 0 Å². The third-order valence-corrected chi connectivity index (χ3v) is 2.82. The number of halogens is 1. The Labute approximate surface area is 96.8 Å². The second-order valence-electron chi connectivity index (χ2n) is 3.01. The highest BCUT2D eigenvalue weighted by Crippen LogP contribution is 2.20. The topological polar surface area (TPSA) is 50.1 Å². The van der Waals surface area contributed by atoms with Crippen molar-refractivity contribution in [3.05, 3.63) is 34.4 Å². The number of hydrogen-bond acceptors (Lipinski definition) is 3. The number of nitriles is 1. The van der Waals surface area contributed by atoms with Gasteiger partial charge in [0.2, 0.25) is 0 Å². The summed E-state index contributed by atoms with van der Waals surface area (Å²) in [6.45, 7) is 1.75. The summed E-state index contributed by atoms with van der Waals surface area (Å²) in [6.07, 6.45) is 0. The predicted octanol–water partition coefficient (Wildman–Crippen LogP) is 2.55. The van der Waals surface area contributed by atoms with Crippen molar-refractivity contribution in [2.45, 2.75) is 12.3 Å². The summed E-state index contributed by atoms with van der Waals surface area (Å²) in [4.78, 5) is 11.4. The third-order valence-electron chi connectivity index (χ3n) is 2.21. The first-order valence-electron chi connectivity index (χ1n) is 4.32. The SMILES string of the molecule is COC(=O)c1ccc(CBr)c(C#N)c1C. The molecule has 0 aliphatic carbocycles. The molecule has 0 N–H and O–H groups in total. The molecule has 15 heavy (non-hydrogen) atoms. The molecule has 0 saturated carbocycles. The molecule has 0 fully saturated rings. The van der Waals surface area contributed by atoms with Crippen LogP contribution in [0.25, 0.3) is 0 Å². The van der Waals surface area contributed by atoms with Crippen molar-refractivity contribution < 1.29 is 9.53 Å². The van der Waals surface area contributed by atoms with E-state index in [9.17, 15) is 4.79 Å². The fourth-order valence-electron chi connectivity index (χ4n) is 1.37. The van der Waals surface area contributed by atoms with Crippen molar-refractivity contribution in [1.82, 2.24) is 0 Å². The fourth-order valence-corrected chi connectivity index (χ4v) is 1.83. The fraction of sp³-hybridized carbons (Fsp3) is 0.273. The molecule has 0 aliphatic heterocycles. The van der Waals surface area contributed by atoms with Gasteiger partial charge in [-0.15, -0.1) is 0 Å². The van der Waals surface area contributed by atoms with Gasteiger partial charge >= 0.3 is 5.97 Å². The van der Waals surface area contributed by atoms with Crippen molar-refractivity contribution in [2.24, 2.45) is 0 Å². The summed E-state index contributed by atoms with van der Waals surface area (Å²) < 4.78 is 4.63. The first-order chi connectivity index (χ1) is 7.15. The van der Waals surface area contributed by atoms with Gasteiger partial charge in [-0.1, -0.05) is 22.0 Å². The number of esters is 1. The van der Waals surface area contributed by atoms with E-state index in [1.54, 1.807) is 19.1 Å². The maximum atomic E-state index is 11.4. The Kier molecular flexibility index (Phi) is 3.87. The molecule has 0 amide bonds. The van der Waals surface area contributed by atoms with Gasteiger partial charge in [-0.05, 0) is 24.1 Å². The Hall–Kier alpha value is -1.34. The Morgan fingerprint density at radius 3 is 2.73 bits per heavy atom. The number of methoxy groups -OCH3 is 1. The van der Waals surface area contributed by atoms with Crippen LogP contribution in [-0.2, 0) is 10.1 Å². The van der Waals surface area contributed by atoms with Crippen LogP contribution in [0.1, 0.15) is 27.0 Å². The third kappa shape index (κ3) is 2.18. The number of ether oxygens (including phenoxy) is 1. The van der Waals surface area contributed by atoms with Gasteiger partial charge < -0.3 is 4.74 Å². The molecule has 4 heteroatoms. The molecular formula is C11H10BrNO2. The van der Waals surface area contributed by atoms with Gasteiger partial charge in [0.25, 0.3) is 0 Å². The summed E-state index contributed by atoms with van der Waals surface area (Å²) in [5.41, 5.74) is 2.53.